The summed E-state index contributed by atoms with van der Waals surface area (Å²) < 4.78 is 6.12. The van der Waals surface area contributed by atoms with Gasteiger partial charge in [-0.05, 0) is 61.9 Å². The van der Waals surface area contributed by atoms with Crippen molar-refractivity contribution in [2.45, 2.75) is 58.6 Å². The minimum Gasteiger partial charge on any atom is -0.486 e. The first kappa shape index (κ1) is 24.5. The van der Waals surface area contributed by atoms with Crippen molar-refractivity contribution in [2.75, 3.05) is 13.1 Å². The molecule has 3 aromatic rings. The van der Waals surface area contributed by atoms with Gasteiger partial charge in [0.2, 0.25) is 5.91 Å². The Morgan fingerprint density at radius 2 is 1.92 bits per heavy atom. The van der Waals surface area contributed by atoms with E-state index < -0.39 is 0 Å². The first-order valence-corrected chi connectivity index (χ1v) is 13.8. The molecular formula is C29H33N3O3S. The number of aryl methyl sites for hydroxylation is 1. The van der Waals surface area contributed by atoms with Gasteiger partial charge in [0.25, 0.3) is 5.91 Å². The highest BCUT2D eigenvalue weighted by molar-refractivity contribution is 7.09. The van der Waals surface area contributed by atoms with Gasteiger partial charge in [0.15, 0.2) is 0 Å². The quantitative estimate of drug-likeness (QED) is 0.466. The van der Waals surface area contributed by atoms with Gasteiger partial charge in [0, 0.05) is 24.4 Å². The minimum absolute atomic E-state index is 0.116. The smallest absolute Gasteiger partial charge is 0.270 e. The zero-order valence-corrected chi connectivity index (χ0v) is 21.8. The highest BCUT2D eigenvalue weighted by Gasteiger charge is 2.36. The van der Waals surface area contributed by atoms with Crippen LogP contribution < -0.4 is 10.1 Å². The van der Waals surface area contributed by atoms with Gasteiger partial charge >= 0.3 is 0 Å². The second kappa shape index (κ2) is 10.8. The summed E-state index contributed by atoms with van der Waals surface area (Å²) in [6.07, 6.45) is 5.13. The molecule has 1 atom stereocenters. The molecule has 0 bridgehead atoms. The Bertz CT molecular complexity index is 1230. The highest BCUT2D eigenvalue weighted by atomic mass is 32.1. The van der Waals surface area contributed by atoms with Gasteiger partial charge in [0.1, 0.15) is 23.1 Å². The summed E-state index contributed by atoms with van der Waals surface area (Å²) in [5.41, 5.74) is 5.16. The zero-order chi connectivity index (χ0) is 25.1. The number of rotatable bonds is 7. The molecule has 1 fully saturated rings. The summed E-state index contributed by atoms with van der Waals surface area (Å²) in [5, 5.41) is 5.28. The molecule has 0 saturated heterocycles. The second-order valence-corrected chi connectivity index (χ2v) is 10.7. The van der Waals surface area contributed by atoms with Crippen molar-refractivity contribution in [1.29, 1.82) is 0 Å². The Kier molecular flexibility index (Phi) is 7.37. The lowest BCUT2D eigenvalue weighted by Gasteiger charge is -2.39. The van der Waals surface area contributed by atoms with Gasteiger partial charge < -0.3 is 15.0 Å². The molecule has 7 heteroatoms. The van der Waals surface area contributed by atoms with Crippen molar-refractivity contribution < 1.29 is 14.3 Å². The zero-order valence-electron chi connectivity index (χ0n) is 21.0. The van der Waals surface area contributed by atoms with Crippen molar-refractivity contribution in [3.05, 3.63) is 80.8 Å². The summed E-state index contributed by atoms with van der Waals surface area (Å²) in [4.78, 5) is 32.2. The Labute approximate surface area is 216 Å². The van der Waals surface area contributed by atoms with Crippen LogP contribution in [0, 0.1) is 12.8 Å². The largest absolute Gasteiger partial charge is 0.486 e. The number of thiazole rings is 1. The number of nitrogens with zero attached hydrogens (tertiary/aromatic N) is 2. The Morgan fingerprint density at radius 3 is 2.67 bits per heavy atom. The number of nitrogens with one attached hydrogen (secondary N) is 1. The normalized spacial score (nSPS) is 17.6. The average molecular weight is 504 g/mol. The number of fused-ring (bicyclic) bond motifs is 1. The van der Waals surface area contributed by atoms with E-state index in [-0.39, 0.29) is 23.8 Å². The van der Waals surface area contributed by atoms with Crippen molar-refractivity contribution in [1.82, 2.24) is 15.2 Å². The molecule has 5 rings (SSSR count). The molecule has 0 spiro atoms. The molecular weight excluding hydrogens is 470 g/mol. The first-order valence-electron chi connectivity index (χ1n) is 12.9. The SMILES string of the molecule is CCNC(=O)c1csc(COc2ccc3c(c2)[C@@H](c2ccc(C)cc2)N(C(=O)C2CCCC2)CC3)n1. The van der Waals surface area contributed by atoms with Crippen molar-refractivity contribution in [2.24, 2.45) is 5.92 Å². The number of carbonyl (C=O) groups excluding carboxylic acids is 2. The third kappa shape index (κ3) is 5.16. The molecule has 1 N–H and O–H groups in total. The molecule has 2 aromatic carbocycles. The van der Waals surface area contributed by atoms with Crippen molar-refractivity contribution >= 4 is 23.2 Å². The van der Waals surface area contributed by atoms with E-state index >= 15 is 0 Å². The van der Waals surface area contributed by atoms with Crippen molar-refractivity contribution in [3.63, 3.8) is 0 Å². The summed E-state index contributed by atoms with van der Waals surface area (Å²) in [6, 6.07) is 14.6. The van der Waals surface area contributed by atoms with Gasteiger partial charge in [-0.2, -0.15) is 0 Å². The predicted octanol–water partition coefficient (Wildman–Crippen LogP) is 5.44. The van der Waals surface area contributed by atoms with Gasteiger partial charge in [-0.3, -0.25) is 9.59 Å². The van der Waals surface area contributed by atoms with Crippen LogP contribution in [-0.4, -0.2) is 34.8 Å². The number of hydrogen-bond donors (Lipinski definition) is 1. The molecule has 2 aliphatic rings. The fourth-order valence-electron chi connectivity index (χ4n) is 5.31. The lowest BCUT2D eigenvalue weighted by atomic mass is 9.86. The van der Waals surface area contributed by atoms with Gasteiger partial charge in [0.05, 0.1) is 6.04 Å². The molecule has 1 aliphatic heterocycles. The molecule has 0 radical (unpaired) electrons. The monoisotopic (exact) mass is 503 g/mol. The van der Waals surface area contributed by atoms with Crippen LogP contribution in [0.1, 0.15) is 76.4 Å². The van der Waals surface area contributed by atoms with Crippen LogP contribution >= 0.6 is 11.3 Å². The van der Waals surface area contributed by atoms with Crippen LogP contribution in [0.25, 0.3) is 0 Å². The second-order valence-electron chi connectivity index (χ2n) is 9.71. The Balaban J connectivity index is 1.40. The summed E-state index contributed by atoms with van der Waals surface area (Å²) >= 11 is 1.42. The number of hydrogen-bond acceptors (Lipinski definition) is 5. The average Bonchev–Trinajstić information content (AvgIpc) is 3.60. The fourth-order valence-corrected chi connectivity index (χ4v) is 6.00. The number of carbonyl (C=O) groups is 2. The van der Waals surface area contributed by atoms with E-state index in [1.807, 2.05) is 13.0 Å². The fraction of sp³-hybridized carbons (Fsp3) is 0.414. The summed E-state index contributed by atoms with van der Waals surface area (Å²) in [7, 11) is 0. The van der Waals surface area contributed by atoms with E-state index in [2.05, 4.69) is 58.5 Å². The molecule has 2 amide bonds. The van der Waals surface area contributed by atoms with Crippen LogP contribution in [-0.2, 0) is 17.8 Å². The maximum Gasteiger partial charge on any atom is 0.270 e. The number of benzene rings is 2. The lowest BCUT2D eigenvalue weighted by Crippen LogP contribution is -2.43. The van der Waals surface area contributed by atoms with E-state index in [0.717, 1.165) is 60.5 Å². The van der Waals surface area contributed by atoms with E-state index in [9.17, 15) is 9.59 Å². The highest BCUT2D eigenvalue weighted by Crippen LogP contribution is 2.40. The third-order valence-electron chi connectivity index (χ3n) is 7.21. The van der Waals surface area contributed by atoms with Gasteiger partial charge in [-0.1, -0.05) is 48.7 Å². The molecule has 1 saturated carbocycles. The van der Waals surface area contributed by atoms with Crippen molar-refractivity contribution in [3.8, 4) is 5.75 Å². The standard InChI is InChI=1S/C29H33N3O3S/c1-3-30-28(33)25-18-36-26(31-25)17-35-23-13-12-20-14-15-32(29(34)22-6-4-5-7-22)27(24(20)16-23)21-10-8-19(2)9-11-21/h8-13,16,18,22,27H,3-7,14-15,17H2,1-2H3,(H,30,33)/t27-/m1/s1. The molecule has 1 aromatic heterocycles. The molecule has 1 aliphatic carbocycles. The van der Waals surface area contributed by atoms with Crippen LogP contribution in [0.2, 0.25) is 0 Å². The number of aromatic nitrogens is 1. The van der Waals surface area contributed by atoms with E-state index in [1.54, 1.807) is 5.38 Å². The summed E-state index contributed by atoms with van der Waals surface area (Å²) in [5.74, 6) is 1.01. The molecule has 36 heavy (non-hydrogen) atoms. The lowest BCUT2D eigenvalue weighted by molar-refractivity contribution is -0.137. The van der Waals surface area contributed by atoms with Gasteiger partial charge in [-0.25, -0.2) is 4.98 Å². The molecule has 188 valence electrons. The predicted molar refractivity (Wildman–Crippen MR) is 141 cm³/mol. The first-order chi connectivity index (χ1) is 17.5. The Hall–Kier alpha value is -3.19. The van der Waals surface area contributed by atoms with Crippen LogP contribution in [0.3, 0.4) is 0 Å². The van der Waals surface area contributed by atoms with Gasteiger partial charge in [-0.15, -0.1) is 11.3 Å². The third-order valence-corrected chi connectivity index (χ3v) is 8.03. The maximum absolute atomic E-state index is 13.6. The Morgan fingerprint density at radius 1 is 1.14 bits per heavy atom. The minimum atomic E-state index is -0.165. The van der Waals surface area contributed by atoms with E-state index in [1.165, 1.54) is 22.5 Å². The number of ether oxygens (including phenoxy) is 1. The molecule has 6 nitrogen and oxygen atoms in total. The van der Waals surface area contributed by atoms with Crippen LogP contribution in [0.5, 0.6) is 5.75 Å². The number of amides is 2. The molecule has 0 unspecified atom stereocenters. The molecule has 2 heterocycles. The van der Waals surface area contributed by atoms with Crippen LogP contribution in [0.15, 0.2) is 47.8 Å². The van der Waals surface area contributed by atoms with E-state index in [0.29, 0.717) is 18.8 Å². The topological polar surface area (TPSA) is 71.5 Å². The van der Waals surface area contributed by atoms with E-state index in [4.69, 9.17) is 4.74 Å². The van der Waals surface area contributed by atoms with Crippen LogP contribution in [0.4, 0.5) is 0 Å². The maximum atomic E-state index is 13.6. The summed E-state index contributed by atoms with van der Waals surface area (Å²) in [6.45, 7) is 5.57.